The number of benzene rings is 3. The maximum atomic E-state index is 13.0. The van der Waals surface area contributed by atoms with Crippen LogP contribution in [0, 0.1) is 0 Å². The second-order valence-electron chi connectivity index (χ2n) is 7.77. The number of nitrogens with one attached hydrogen (secondary N) is 1. The van der Waals surface area contributed by atoms with Crippen molar-refractivity contribution in [3.05, 3.63) is 94.0 Å². The van der Waals surface area contributed by atoms with Crippen molar-refractivity contribution in [1.82, 2.24) is 4.31 Å². The number of carbonyl (C=O) groups is 2. The summed E-state index contributed by atoms with van der Waals surface area (Å²) in [4.78, 5) is 26.1. The summed E-state index contributed by atoms with van der Waals surface area (Å²) in [6.45, 7) is 4.76. The van der Waals surface area contributed by atoms with Crippen LogP contribution in [0.5, 0.6) is 0 Å². The molecule has 178 valence electrons. The SMILES string of the molecule is CCCN(CCC)S(=O)(=O)c1ccc(C(=O)Nc2ccc(Br)cc2C(=O)c2ccccc2)cc1. The third-order valence-electron chi connectivity index (χ3n) is 5.21. The van der Waals surface area contributed by atoms with Gasteiger partial charge in [0.15, 0.2) is 5.78 Å². The minimum Gasteiger partial charge on any atom is -0.321 e. The van der Waals surface area contributed by atoms with Crippen molar-refractivity contribution in [2.75, 3.05) is 18.4 Å². The summed E-state index contributed by atoms with van der Waals surface area (Å²) in [6.07, 6.45) is 1.44. The van der Waals surface area contributed by atoms with Gasteiger partial charge in [0, 0.05) is 34.3 Å². The van der Waals surface area contributed by atoms with E-state index >= 15 is 0 Å². The average Bonchev–Trinajstić information content (AvgIpc) is 2.85. The number of hydrogen-bond acceptors (Lipinski definition) is 4. The molecule has 3 aromatic rings. The molecule has 8 heteroatoms. The zero-order valence-corrected chi connectivity index (χ0v) is 21.5. The molecule has 0 aliphatic rings. The molecule has 0 spiro atoms. The molecule has 0 bridgehead atoms. The lowest BCUT2D eigenvalue weighted by molar-refractivity contribution is 0.102. The van der Waals surface area contributed by atoms with Crippen LogP contribution in [0.4, 0.5) is 5.69 Å². The topological polar surface area (TPSA) is 83.6 Å². The predicted octanol–water partition coefficient (Wildman–Crippen LogP) is 5.74. The summed E-state index contributed by atoms with van der Waals surface area (Å²) in [5.41, 5.74) is 1.52. The van der Waals surface area contributed by atoms with Crippen LogP contribution in [0.2, 0.25) is 0 Å². The predicted molar refractivity (Wildman–Crippen MR) is 138 cm³/mol. The Kier molecular flexibility index (Phi) is 8.77. The fraction of sp³-hybridized carbons (Fsp3) is 0.231. The Morgan fingerprint density at radius 1 is 0.853 bits per heavy atom. The Morgan fingerprint density at radius 3 is 2.06 bits per heavy atom. The average molecular weight is 543 g/mol. The highest BCUT2D eigenvalue weighted by Crippen LogP contribution is 2.25. The maximum Gasteiger partial charge on any atom is 0.255 e. The third kappa shape index (κ3) is 6.00. The van der Waals surface area contributed by atoms with Crippen LogP contribution < -0.4 is 5.32 Å². The summed E-state index contributed by atoms with van der Waals surface area (Å²) >= 11 is 3.38. The van der Waals surface area contributed by atoms with E-state index in [1.165, 1.54) is 28.6 Å². The van der Waals surface area contributed by atoms with Crippen molar-refractivity contribution in [2.24, 2.45) is 0 Å². The van der Waals surface area contributed by atoms with E-state index in [9.17, 15) is 18.0 Å². The van der Waals surface area contributed by atoms with E-state index < -0.39 is 15.9 Å². The fourth-order valence-electron chi connectivity index (χ4n) is 3.53. The van der Waals surface area contributed by atoms with Gasteiger partial charge in [-0.2, -0.15) is 4.31 Å². The highest BCUT2D eigenvalue weighted by molar-refractivity contribution is 9.10. The zero-order chi connectivity index (χ0) is 24.7. The van der Waals surface area contributed by atoms with Gasteiger partial charge in [0.2, 0.25) is 10.0 Å². The minimum atomic E-state index is -3.63. The van der Waals surface area contributed by atoms with E-state index in [1.54, 1.807) is 42.5 Å². The van der Waals surface area contributed by atoms with Crippen LogP contribution in [-0.4, -0.2) is 37.5 Å². The van der Waals surface area contributed by atoms with E-state index in [2.05, 4.69) is 21.2 Å². The van der Waals surface area contributed by atoms with Crippen molar-refractivity contribution in [3.8, 4) is 0 Å². The Morgan fingerprint density at radius 2 is 1.47 bits per heavy atom. The molecule has 0 fully saturated rings. The number of ketones is 1. The Hall–Kier alpha value is -2.81. The lowest BCUT2D eigenvalue weighted by Gasteiger charge is -2.21. The van der Waals surface area contributed by atoms with E-state index in [1.807, 2.05) is 19.9 Å². The smallest absolute Gasteiger partial charge is 0.255 e. The highest BCUT2D eigenvalue weighted by Gasteiger charge is 2.23. The number of anilines is 1. The molecule has 0 saturated heterocycles. The standard InChI is InChI=1S/C26H27BrN2O4S/c1-3-16-29(17-4-2)34(32,33)22-13-10-20(11-14-22)26(31)28-24-15-12-21(27)18-23(24)25(30)19-8-6-5-7-9-19/h5-15,18H,3-4,16-17H2,1-2H3,(H,28,31). The van der Waals surface area contributed by atoms with Crippen molar-refractivity contribution >= 4 is 43.3 Å². The summed E-state index contributed by atoms with van der Waals surface area (Å²) in [5, 5.41) is 2.79. The summed E-state index contributed by atoms with van der Waals surface area (Å²) < 4.78 is 28.1. The van der Waals surface area contributed by atoms with Gasteiger partial charge in [-0.25, -0.2) is 8.42 Å². The van der Waals surface area contributed by atoms with Gasteiger partial charge in [-0.3, -0.25) is 9.59 Å². The van der Waals surface area contributed by atoms with E-state index in [4.69, 9.17) is 0 Å². The molecule has 34 heavy (non-hydrogen) atoms. The molecule has 0 heterocycles. The first-order chi connectivity index (χ1) is 16.3. The number of rotatable bonds is 10. The normalized spacial score (nSPS) is 11.4. The fourth-order valence-corrected chi connectivity index (χ4v) is 5.52. The minimum absolute atomic E-state index is 0.148. The van der Waals surface area contributed by atoms with Gasteiger partial charge in [-0.05, 0) is 55.3 Å². The number of amides is 1. The highest BCUT2D eigenvalue weighted by atomic mass is 79.9. The molecule has 1 N–H and O–H groups in total. The molecule has 3 rings (SSSR count). The van der Waals surface area contributed by atoms with Crippen molar-refractivity contribution in [1.29, 1.82) is 0 Å². The second kappa shape index (κ2) is 11.6. The third-order valence-corrected chi connectivity index (χ3v) is 7.62. The molecule has 6 nitrogen and oxygen atoms in total. The first-order valence-corrected chi connectivity index (χ1v) is 13.3. The van der Waals surface area contributed by atoms with Crippen molar-refractivity contribution in [3.63, 3.8) is 0 Å². The number of nitrogens with zero attached hydrogens (tertiary/aromatic N) is 1. The maximum absolute atomic E-state index is 13.0. The van der Waals surface area contributed by atoms with Gasteiger partial charge < -0.3 is 5.32 Å². The molecule has 0 aliphatic heterocycles. The van der Waals surface area contributed by atoms with Crippen LogP contribution >= 0.6 is 15.9 Å². The number of carbonyl (C=O) groups excluding carboxylic acids is 2. The molecule has 0 aromatic heterocycles. The molecular weight excluding hydrogens is 516 g/mol. The van der Waals surface area contributed by atoms with Gasteiger partial charge in [-0.15, -0.1) is 0 Å². The Bertz CT molecular complexity index is 1250. The largest absolute Gasteiger partial charge is 0.321 e. The Balaban J connectivity index is 1.84. The number of halogens is 1. The summed E-state index contributed by atoms with van der Waals surface area (Å²) in [5.74, 6) is -0.655. The van der Waals surface area contributed by atoms with Crippen LogP contribution in [-0.2, 0) is 10.0 Å². The van der Waals surface area contributed by atoms with Gasteiger partial charge in [0.1, 0.15) is 0 Å². The van der Waals surface area contributed by atoms with Gasteiger partial charge in [0.05, 0.1) is 10.6 Å². The van der Waals surface area contributed by atoms with Crippen molar-refractivity contribution in [2.45, 2.75) is 31.6 Å². The first-order valence-electron chi connectivity index (χ1n) is 11.1. The molecule has 0 unspecified atom stereocenters. The van der Waals surface area contributed by atoms with Gasteiger partial charge in [-0.1, -0.05) is 60.1 Å². The van der Waals surface area contributed by atoms with E-state index in [0.29, 0.717) is 34.4 Å². The Labute approximate surface area is 209 Å². The van der Waals surface area contributed by atoms with Gasteiger partial charge >= 0.3 is 0 Å². The van der Waals surface area contributed by atoms with Crippen LogP contribution in [0.25, 0.3) is 0 Å². The number of sulfonamides is 1. The summed E-state index contributed by atoms with van der Waals surface area (Å²) in [6, 6.07) is 19.7. The number of hydrogen-bond donors (Lipinski definition) is 1. The lowest BCUT2D eigenvalue weighted by Crippen LogP contribution is -2.32. The molecule has 0 saturated carbocycles. The van der Waals surface area contributed by atoms with E-state index in [0.717, 1.165) is 12.8 Å². The van der Waals surface area contributed by atoms with Crippen LogP contribution in [0.1, 0.15) is 53.0 Å². The molecule has 0 radical (unpaired) electrons. The monoisotopic (exact) mass is 542 g/mol. The van der Waals surface area contributed by atoms with Crippen LogP contribution in [0.3, 0.4) is 0 Å². The first kappa shape index (κ1) is 25.8. The van der Waals surface area contributed by atoms with Crippen LogP contribution in [0.15, 0.2) is 82.2 Å². The molecule has 3 aromatic carbocycles. The van der Waals surface area contributed by atoms with E-state index in [-0.39, 0.29) is 16.2 Å². The molecule has 0 aliphatic carbocycles. The molecule has 1 amide bonds. The molecular formula is C26H27BrN2O4S. The summed E-state index contributed by atoms with van der Waals surface area (Å²) in [7, 11) is -3.63. The van der Waals surface area contributed by atoms with Crippen molar-refractivity contribution < 1.29 is 18.0 Å². The lowest BCUT2D eigenvalue weighted by atomic mass is 10.0. The second-order valence-corrected chi connectivity index (χ2v) is 10.6. The quantitative estimate of drug-likeness (QED) is 0.331. The zero-order valence-electron chi connectivity index (χ0n) is 19.1. The molecule has 0 atom stereocenters. The van der Waals surface area contributed by atoms with Gasteiger partial charge in [0.25, 0.3) is 5.91 Å².